The summed E-state index contributed by atoms with van der Waals surface area (Å²) in [5.74, 6) is -3.05. The van der Waals surface area contributed by atoms with Crippen LogP contribution in [0.15, 0.2) is 39.2 Å². The number of rotatable bonds is 4. The Labute approximate surface area is 112 Å². The van der Waals surface area contributed by atoms with Gasteiger partial charge in [-0.2, -0.15) is 9.03 Å². The standard InChI is InChI=1S/C4H6Cl4N3O2P3/c1-3-12-15(7)9-14(5,6)10-16(8,11-15)13-4-2/h3-4H,1-2H2/t15-,16-/m1/s1. The molecule has 0 radical (unpaired) electrons. The first-order valence-electron chi connectivity index (χ1n) is 3.53. The fraction of sp³-hybridized carbons (Fsp3) is 0. The van der Waals surface area contributed by atoms with Crippen molar-refractivity contribution in [2.75, 3.05) is 0 Å². The summed E-state index contributed by atoms with van der Waals surface area (Å²) in [7, 11) is 0. The van der Waals surface area contributed by atoms with Crippen LogP contribution in [0.2, 0.25) is 0 Å². The van der Waals surface area contributed by atoms with E-state index >= 15 is 0 Å². The van der Waals surface area contributed by atoms with Crippen LogP contribution in [0, 0.1) is 0 Å². The van der Waals surface area contributed by atoms with Gasteiger partial charge in [0.2, 0.25) is 0 Å². The van der Waals surface area contributed by atoms with Crippen LogP contribution in [0.5, 0.6) is 0 Å². The number of hydrogen-bond donors (Lipinski definition) is 0. The van der Waals surface area contributed by atoms with E-state index < -0.39 is 19.5 Å². The van der Waals surface area contributed by atoms with Crippen LogP contribution in [0.25, 0.3) is 0 Å². The molecule has 5 nitrogen and oxygen atoms in total. The van der Waals surface area contributed by atoms with Gasteiger partial charge in [-0.3, -0.25) is 0 Å². The lowest BCUT2D eigenvalue weighted by atomic mass is 11.2. The maximum atomic E-state index is 5.99. The molecule has 0 aliphatic carbocycles. The Morgan fingerprint density at radius 3 is 1.69 bits per heavy atom. The highest BCUT2D eigenvalue weighted by molar-refractivity contribution is 8.16. The molecule has 12 heteroatoms. The van der Waals surface area contributed by atoms with Gasteiger partial charge in [0.25, 0.3) is 5.91 Å². The van der Waals surface area contributed by atoms with E-state index in [1.807, 2.05) is 0 Å². The van der Waals surface area contributed by atoms with Crippen LogP contribution < -0.4 is 0 Å². The van der Waals surface area contributed by atoms with Crippen LogP contribution in [0.4, 0.5) is 0 Å². The van der Waals surface area contributed by atoms with Crippen molar-refractivity contribution in [1.29, 1.82) is 0 Å². The van der Waals surface area contributed by atoms with Gasteiger partial charge in [-0.15, -0.1) is 4.52 Å². The van der Waals surface area contributed by atoms with E-state index in [4.69, 9.17) is 54.0 Å². The molecule has 0 amide bonds. The third-order valence-electron chi connectivity index (χ3n) is 1.07. The Morgan fingerprint density at radius 1 is 0.812 bits per heavy atom. The smallest absolute Gasteiger partial charge is 0.351 e. The molecule has 0 fully saturated rings. The zero-order chi connectivity index (χ0) is 12.4. The minimum atomic E-state index is -3.10. The van der Waals surface area contributed by atoms with Crippen molar-refractivity contribution in [2.24, 2.45) is 13.5 Å². The molecule has 1 aliphatic rings. The fourth-order valence-electron chi connectivity index (χ4n) is 0.729. The number of hydrogen-bond acceptors (Lipinski definition) is 5. The molecule has 0 unspecified atom stereocenters. The lowest BCUT2D eigenvalue weighted by Gasteiger charge is -2.22. The van der Waals surface area contributed by atoms with Gasteiger partial charge >= 0.3 is 13.6 Å². The minimum absolute atomic E-state index is 1.09. The second-order valence-electron chi connectivity index (χ2n) is 2.21. The largest absolute Gasteiger partial charge is 0.439 e. The van der Waals surface area contributed by atoms with E-state index in [0.29, 0.717) is 0 Å². The van der Waals surface area contributed by atoms with Crippen LogP contribution >= 0.6 is 64.4 Å². The topological polar surface area (TPSA) is 55.5 Å². The molecule has 1 heterocycles. The molecule has 0 aromatic heterocycles. The molecule has 0 bridgehead atoms. The van der Waals surface area contributed by atoms with E-state index in [1.54, 1.807) is 0 Å². The van der Waals surface area contributed by atoms with Gasteiger partial charge in [0, 0.05) is 0 Å². The maximum absolute atomic E-state index is 5.99. The van der Waals surface area contributed by atoms with Crippen LogP contribution in [0.1, 0.15) is 0 Å². The average molecular weight is 363 g/mol. The normalized spacial score (nSPS) is 36.0. The molecule has 1 aliphatic heterocycles. The molecule has 0 saturated carbocycles. The molecular weight excluding hydrogens is 357 g/mol. The van der Waals surface area contributed by atoms with Crippen LogP contribution in [-0.2, 0) is 9.05 Å². The highest BCUT2D eigenvalue weighted by atomic mass is 35.9. The first-order chi connectivity index (χ1) is 7.24. The molecule has 1 rings (SSSR count). The second kappa shape index (κ2) is 5.28. The van der Waals surface area contributed by atoms with Crippen LogP contribution in [0.3, 0.4) is 0 Å². The summed E-state index contributed by atoms with van der Waals surface area (Å²) in [6, 6.07) is 0. The van der Waals surface area contributed by atoms with Gasteiger partial charge in [-0.05, 0) is 45.0 Å². The lowest BCUT2D eigenvalue weighted by molar-refractivity contribution is 0.530. The number of halogens is 4. The maximum Gasteiger partial charge on any atom is 0.351 e. The van der Waals surface area contributed by atoms with Crippen molar-refractivity contribution < 1.29 is 9.05 Å². The first kappa shape index (κ1) is 15.0. The zero-order valence-corrected chi connectivity index (χ0v) is 13.3. The average Bonchev–Trinajstić information content (AvgIpc) is 1.97. The molecule has 0 aromatic rings. The molecule has 0 spiro atoms. The fourth-order valence-corrected chi connectivity index (χ4v) is 15.0. The molecule has 2 atom stereocenters. The highest BCUT2D eigenvalue weighted by Crippen LogP contribution is 2.85. The van der Waals surface area contributed by atoms with Gasteiger partial charge in [-0.25, -0.2) is 0 Å². The molecule has 16 heavy (non-hydrogen) atoms. The predicted molar refractivity (Wildman–Crippen MR) is 74.0 cm³/mol. The quantitative estimate of drug-likeness (QED) is 0.395. The highest BCUT2D eigenvalue weighted by Gasteiger charge is 2.35. The van der Waals surface area contributed by atoms with Crippen molar-refractivity contribution in [2.45, 2.75) is 0 Å². The summed E-state index contributed by atoms with van der Waals surface area (Å²) >= 11 is 23.7. The van der Waals surface area contributed by atoms with Gasteiger partial charge in [0.1, 0.15) is 0 Å². The van der Waals surface area contributed by atoms with Crippen LogP contribution in [-0.4, -0.2) is 0 Å². The van der Waals surface area contributed by atoms with E-state index in [9.17, 15) is 0 Å². The van der Waals surface area contributed by atoms with Gasteiger partial charge in [-0.1, -0.05) is 13.2 Å². The summed E-state index contributed by atoms with van der Waals surface area (Å²) in [5.41, 5.74) is 0. The summed E-state index contributed by atoms with van der Waals surface area (Å²) in [5, 5.41) is 0. The molecule has 0 saturated heterocycles. The van der Waals surface area contributed by atoms with E-state index in [1.165, 1.54) is 0 Å². The van der Waals surface area contributed by atoms with Crippen molar-refractivity contribution >= 4 is 64.4 Å². The van der Waals surface area contributed by atoms with Crippen molar-refractivity contribution in [3.8, 4) is 0 Å². The third kappa shape index (κ3) is 3.99. The number of nitrogens with zero attached hydrogens (tertiary/aromatic N) is 3. The lowest BCUT2D eigenvalue weighted by Crippen LogP contribution is -1.79. The summed E-state index contributed by atoms with van der Waals surface area (Å²) in [6.45, 7) is 0.502. The van der Waals surface area contributed by atoms with Gasteiger partial charge < -0.3 is 9.05 Å². The Morgan fingerprint density at radius 2 is 1.25 bits per heavy atom. The van der Waals surface area contributed by atoms with Gasteiger partial charge in [0.15, 0.2) is 0 Å². The minimum Gasteiger partial charge on any atom is -0.439 e. The Bertz CT molecular complexity index is 467. The Hall–Kier alpha value is 0.930. The van der Waals surface area contributed by atoms with E-state index in [-0.39, 0.29) is 0 Å². The monoisotopic (exact) mass is 361 g/mol. The van der Waals surface area contributed by atoms with Gasteiger partial charge in [0.05, 0.1) is 12.5 Å². The summed E-state index contributed by atoms with van der Waals surface area (Å²) < 4.78 is 21.5. The second-order valence-corrected chi connectivity index (χ2v) is 13.6. The molecule has 0 aromatic carbocycles. The SMILES string of the molecule is C=CO[P@]1(Cl)=NP(Cl)(Cl)=N[P@@](Cl)(OC=C)=N1. The van der Waals surface area contributed by atoms with E-state index in [0.717, 1.165) is 12.5 Å². The molecule has 0 N–H and O–H groups in total. The molecule has 92 valence electrons. The predicted octanol–water partition coefficient (Wildman–Crippen LogP) is 7.11. The zero-order valence-electron chi connectivity index (χ0n) is 7.58. The summed E-state index contributed by atoms with van der Waals surface area (Å²) in [6.07, 6.45) is 2.17. The summed E-state index contributed by atoms with van der Waals surface area (Å²) in [4.78, 5) is 0. The Kier molecular flexibility index (Phi) is 4.95. The van der Waals surface area contributed by atoms with Crippen molar-refractivity contribution in [1.82, 2.24) is 0 Å². The van der Waals surface area contributed by atoms with Crippen molar-refractivity contribution in [3.05, 3.63) is 25.7 Å². The third-order valence-corrected chi connectivity index (χ3v) is 12.5. The van der Waals surface area contributed by atoms with Crippen molar-refractivity contribution in [3.63, 3.8) is 0 Å². The van der Waals surface area contributed by atoms with E-state index in [2.05, 4.69) is 26.7 Å². The Balaban J connectivity index is 3.41. The first-order valence-corrected chi connectivity index (χ1v) is 12.1. The molecular formula is C4H6Cl4N3O2P3.